The Bertz CT molecular complexity index is 932. The van der Waals surface area contributed by atoms with Crippen LogP contribution < -0.4 is 4.74 Å². The fraction of sp³-hybridized carbons (Fsp3) is 0.231. The first kappa shape index (κ1) is 18.9. The van der Waals surface area contributed by atoms with Crippen LogP contribution in [0.2, 0.25) is 0 Å². The molecule has 0 saturated heterocycles. The molecule has 0 N–H and O–H groups in total. The molecule has 1 nitrogen and oxygen atoms in total. The van der Waals surface area contributed by atoms with E-state index in [1.807, 2.05) is 30.3 Å². The third-order valence-electron chi connectivity index (χ3n) is 5.19. The molecule has 0 bridgehead atoms. The summed E-state index contributed by atoms with van der Waals surface area (Å²) in [6, 6.07) is 19.1. The highest BCUT2D eigenvalue weighted by Gasteiger charge is 2.36. The Hall–Kier alpha value is -2.45. The molecule has 0 aliphatic heterocycles. The van der Waals surface area contributed by atoms with Gasteiger partial charge in [0.25, 0.3) is 0 Å². The van der Waals surface area contributed by atoms with Gasteiger partial charge in [0.2, 0.25) is 0 Å². The molecule has 2 aliphatic rings. The van der Waals surface area contributed by atoms with Crippen LogP contribution in [0.5, 0.6) is 5.75 Å². The molecule has 0 radical (unpaired) electrons. The lowest BCUT2D eigenvalue weighted by atomic mass is 10.1. The summed E-state index contributed by atoms with van der Waals surface area (Å²) in [4.78, 5) is 3.02. The van der Waals surface area contributed by atoms with Gasteiger partial charge in [0.15, 0.2) is 10.1 Å². The van der Waals surface area contributed by atoms with Gasteiger partial charge < -0.3 is 4.74 Å². The zero-order valence-electron chi connectivity index (χ0n) is 16.6. The van der Waals surface area contributed by atoms with Crippen molar-refractivity contribution in [2.45, 2.75) is 43.3 Å². The molecule has 0 aromatic heterocycles. The van der Waals surface area contributed by atoms with E-state index in [4.69, 9.17) is 4.74 Å². The highest BCUT2D eigenvalue weighted by molar-refractivity contribution is 8.01. The molecule has 2 heteroatoms. The largest absolute Gasteiger partial charge is 0.458 e. The maximum atomic E-state index is 6.02. The lowest BCUT2D eigenvalue weighted by molar-refractivity contribution is 0.439. The summed E-state index contributed by atoms with van der Waals surface area (Å²) in [6.45, 7) is 4.39. The van der Waals surface area contributed by atoms with Crippen molar-refractivity contribution in [3.63, 3.8) is 0 Å². The Morgan fingerprint density at radius 1 is 0.893 bits per heavy atom. The maximum absolute atomic E-state index is 6.02. The van der Waals surface area contributed by atoms with E-state index < -0.39 is 0 Å². The summed E-state index contributed by atoms with van der Waals surface area (Å²) in [5.41, 5.74) is 2.80. The molecular formula is C26H27OS+. The van der Waals surface area contributed by atoms with Crippen molar-refractivity contribution in [3.05, 3.63) is 107 Å². The summed E-state index contributed by atoms with van der Waals surface area (Å²) in [7, 11) is 0.0842. The van der Waals surface area contributed by atoms with Crippen LogP contribution in [0.1, 0.15) is 31.7 Å². The van der Waals surface area contributed by atoms with Gasteiger partial charge in [-0.3, -0.25) is 0 Å². The molecular weight excluding hydrogens is 360 g/mol. The molecule has 142 valence electrons. The molecule has 2 aliphatic carbocycles. The molecule has 0 spiro atoms. The summed E-state index contributed by atoms with van der Waals surface area (Å²) in [6.07, 6.45) is 14.8. The van der Waals surface area contributed by atoms with Crippen LogP contribution in [0.25, 0.3) is 0 Å². The average molecular weight is 388 g/mol. The normalized spacial score (nSPS) is 20.1. The Morgan fingerprint density at radius 2 is 1.68 bits per heavy atom. The third-order valence-corrected chi connectivity index (χ3v) is 7.83. The van der Waals surface area contributed by atoms with E-state index in [1.165, 1.54) is 28.9 Å². The molecule has 0 amide bonds. The molecule has 4 rings (SSSR count). The van der Waals surface area contributed by atoms with Gasteiger partial charge in [-0.25, -0.2) is 0 Å². The minimum Gasteiger partial charge on any atom is -0.458 e. The van der Waals surface area contributed by atoms with Gasteiger partial charge in [0.05, 0.1) is 10.9 Å². The molecule has 2 atom stereocenters. The molecule has 2 aromatic rings. The Morgan fingerprint density at radius 3 is 2.32 bits per heavy atom. The van der Waals surface area contributed by atoms with Gasteiger partial charge >= 0.3 is 0 Å². The Balaban J connectivity index is 1.56. The van der Waals surface area contributed by atoms with Crippen LogP contribution in [0.3, 0.4) is 0 Å². The van der Waals surface area contributed by atoms with Crippen LogP contribution in [0.4, 0.5) is 0 Å². The predicted octanol–water partition coefficient (Wildman–Crippen LogP) is 6.89. The highest BCUT2D eigenvalue weighted by atomic mass is 32.2. The first-order chi connectivity index (χ1) is 13.7. The van der Waals surface area contributed by atoms with Crippen molar-refractivity contribution >= 4 is 10.9 Å². The van der Waals surface area contributed by atoms with E-state index in [-0.39, 0.29) is 10.9 Å². The zero-order chi connectivity index (χ0) is 19.3. The topological polar surface area (TPSA) is 9.23 Å². The van der Waals surface area contributed by atoms with E-state index in [2.05, 4.69) is 68.5 Å². The average Bonchev–Trinajstić information content (AvgIpc) is 2.73. The van der Waals surface area contributed by atoms with Crippen molar-refractivity contribution in [3.8, 4) is 5.75 Å². The number of benzene rings is 2. The number of hydrogen-bond donors (Lipinski definition) is 0. The molecule has 0 fully saturated rings. The molecule has 0 saturated carbocycles. The van der Waals surface area contributed by atoms with Crippen molar-refractivity contribution < 1.29 is 4.74 Å². The second kappa shape index (κ2) is 8.70. The molecule has 0 heterocycles. The predicted molar refractivity (Wildman–Crippen MR) is 121 cm³/mol. The summed E-state index contributed by atoms with van der Waals surface area (Å²) >= 11 is 0. The van der Waals surface area contributed by atoms with Crippen LogP contribution >= 0.6 is 0 Å². The van der Waals surface area contributed by atoms with E-state index >= 15 is 0 Å². The van der Waals surface area contributed by atoms with Crippen molar-refractivity contribution in [1.82, 2.24) is 0 Å². The lowest BCUT2D eigenvalue weighted by Crippen LogP contribution is -2.24. The first-order valence-electron chi connectivity index (χ1n) is 9.96. The lowest BCUT2D eigenvalue weighted by Gasteiger charge is -2.21. The summed E-state index contributed by atoms with van der Waals surface area (Å²) in [5.74, 6) is 1.84. The van der Waals surface area contributed by atoms with Crippen molar-refractivity contribution in [2.24, 2.45) is 0 Å². The summed E-state index contributed by atoms with van der Waals surface area (Å²) < 4.78 is 6.02. The SMILES string of the molecule is CC1=CC=C([S+](c2ccc(C)cc2)C2C=CC(Oc3ccccc3)=CC2)CC1. The van der Waals surface area contributed by atoms with Crippen molar-refractivity contribution in [1.29, 1.82) is 0 Å². The fourth-order valence-electron chi connectivity index (χ4n) is 3.57. The second-order valence-electron chi connectivity index (χ2n) is 7.45. The number of rotatable bonds is 5. The minimum atomic E-state index is 0.0842. The van der Waals surface area contributed by atoms with Crippen LogP contribution in [0, 0.1) is 6.92 Å². The number of aryl methyl sites for hydroxylation is 1. The second-order valence-corrected chi connectivity index (χ2v) is 9.73. The minimum absolute atomic E-state index is 0.0842. The van der Waals surface area contributed by atoms with Crippen LogP contribution in [-0.2, 0) is 10.9 Å². The molecule has 28 heavy (non-hydrogen) atoms. The van der Waals surface area contributed by atoms with Gasteiger partial charge in [-0.15, -0.1) is 0 Å². The standard InChI is InChI=1S/C26H27OS/c1-20-8-14-24(15-9-20)28(25-16-10-21(2)11-17-25)26-18-12-23(13-19-26)27-22-6-4-3-5-7-22/h3-10,12-16,18,26H,11,17,19H2,1-2H3/q+1. The van der Waals surface area contributed by atoms with Crippen LogP contribution in [-0.4, -0.2) is 5.25 Å². The monoisotopic (exact) mass is 387 g/mol. The Labute approximate surface area is 171 Å². The van der Waals surface area contributed by atoms with E-state index in [0.717, 1.165) is 17.9 Å². The van der Waals surface area contributed by atoms with Crippen molar-refractivity contribution in [2.75, 3.05) is 0 Å². The zero-order valence-corrected chi connectivity index (χ0v) is 17.4. The maximum Gasteiger partial charge on any atom is 0.161 e. The third kappa shape index (κ3) is 4.51. The fourth-order valence-corrected chi connectivity index (χ4v) is 6.10. The van der Waals surface area contributed by atoms with Gasteiger partial charge in [0, 0.05) is 12.8 Å². The summed E-state index contributed by atoms with van der Waals surface area (Å²) in [5, 5.41) is 0.490. The number of allylic oxidation sites excluding steroid dienone is 6. The smallest absolute Gasteiger partial charge is 0.161 e. The highest BCUT2D eigenvalue weighted by Crippen LogP contribution is 2.36. The molecule has 2 unspecified atom stereocenters. The van der Waals surface area contributed by atoms with Gasteiger partial charge in [-0.05, 0) is 68.8 Å². The number of ether oxygens (including phenoxy) is 1. The number of hydrogen-bond acceptors (Lipinski definition) is 1. The van der Waals surface area contributed by atoms with Gasteiger partial charge in [0.1, 0.15) is 16.4 Å². The van der Waals surface area contributed by atoms with E-state index in [0.29, 0.717) is 5.25 Å². The first-order valence-corrected chi connectivity index (χ1v) is 11.3. The van der Waals surface area contributed by atoms with E-state index in [9.17, 15) is 0 Å². The molecule has 2 aromatic carbocycles. The van der Waals surface area contributed by atoms with E-state index in [1.54, 1.807) is 4.91 Å². The quantitative estimate of drug-likeness (QED) is 0.508. The van der Waals surface area contributed by atoms with Gasteiger partial charge in [-0.2, -0.15) is 0 Å². The number of para-hydroxylation sites is 1. The van der Waals surface area contributed by atoms with Gasteiger partial charge in [-0.1, -0.05) is 47.5 Å². The van der Waals surface area contributed by atoms with Crippen LogP contribution in [0.15, 0.2) is 106 Å². The Kier molecular flexibility index (Phi) is 5.87.